The minimum Gasteiger partial charge on any atom is -0.378 e. The van der Waals surface area contributed by atoms with Gasteiger partial charge in [0, 0.05) is 30.9 Å². The Morgan fingerprint density at radius 3 is 2.37 bits per heavy atom. The van der Waals surface area contributed by atoms with Crippen molar-refractivity contribution in [1.82, 2.24) is 4.98 Å². The Labute approximate surface area is 179 Å². The molecule has 0 spiro atoms. The van der Waals surface area contributed by atoms with Crippen molar-refractivity contribution < 1.29 is 9.59 Å². The molecule has 0 fully saturated rings. The molecule has 30 heavy (non-hydrogen) atoms. The van der Waals surface area contributed by atoms with Crippen molar-refractivity contribution in [2.45, 2.75) is 6.42 Å². The molecule has 5 nitrogen and oxygen atoms in total. The van der Waals surface area contributed by atoms with Gasteiger partial charge in [0.05, 0.1) is 16.6 Å². The summed E-state index contributed by atoms with van der Waals surface area (Å²) < 4.78 is 0.863. The Morgan fingerprint density at radius 1 is 0.933 bits per heavy atom. The third-order valence-corrected chi connectivity index (χ3v) is 5.68. The Morgan fingerprint density at radius 2 is 1.67 bits per heavy atom. The lowest BCUT2D eigenvalue weighted by molar-refractivity contribution is -0.115. The molecular weight excluding hydrogens is 394 g/mol. The van der Waals surface area contributed by atoms with Crippen molar-refractivity contribution in [3.8, 4) is 0 Å². The summed E-state index contributed by atoms with van der Waals surface area (Å²) in [4.78, 5) is 31.6. The maximum atomic E-state index is 12.7. The van der Waals surface area contributed by atoms with E-state index < -0.39 is 0 Å². The lowest BCUT2D eigenvalue weighted by atomic mass is 10.0. The Bertz CT molecular complexity index is 1200. The van der Waals surface area contributed by atoms with Gasteiger partial charge in [-0.15, -0.1) is 0 Å². The van der Waals surface area contributed by atoms with Crippen LogP contribution in [-0.4, -0.2) is 30.8 Å². The van der Waals surface area contributed by atoms with Gasteiger partial charge in [0.1, 0.15) is 0 Å². The molecule has 0 aliphatic heterocycles. The van der Waals surface area contributed by atoms with E-state index in [0.29, 0.717) is 16.3 Å². The van der Waals surface area contributed by atoms with Crippen LogP contribution in [0.5, 0.6) is 0 Å². The predicted molar refractivity (Wildman–Crippen MR) is 123 cm³/mol. The van der Waals surface area contributed by atoms with Gasteiger partial charge in [-0.3, -0.25) is 9.59 Å². The molecule has 6 heteroatoms. The number of fused-ring (bicyclic) bond motifs is 1. The summed E-state index contributed by atoms with van der Waals surface area (Å²) in [5.74, 6) is -0.148. The van der Waals surface area contributed by atoms with Crippen molar-refractivity contribution in [1.29, 1.82) is 0 Å². The lowest BCUT2D eigenvalue weighted by Gasteiger charge is -2.12. The molecule has 0 saturated carbocycles. The molecular formula is C24H21N3O2S. The van der Waals surface area contributed by atoms with Crippen LogP contribution in [0.4, 0.5) is 10.8 Å². The maximum Gasteiger partial charge on any atom is 0.230 e. The van der Waals surface area contributed by atoms with Crippen LogP contribution in [0.1, 0.15) is 21.5 Å². The third kappa shape index (κ3) is 4.39. The van der Waals surface area contributed by atoms with Crippen LogP contribution in [0.2, 0.25) is 0 Å². The van der Waals surface area contributed by atoms with Crippen molar-refractivity contribution in [3.05, 3.63) is 89.5 Å². The maximum absolute atomic E-state index is 12.7. The summed E-state index contributed by atoms with van der Waals surface area (Å²) in [5, 5.41) is 3.40. The molecule has 4 rings (SSSR count). The summed E-state index contributed by atoms with van der Waals surface area (Å²) in [7, 11) is 3.96. The second-order valence-electron chi connectivity index (χ2n) is 7.18. The highest BCUT2D eigenvalue weighted by atomic mass is 32.1. The summed E-state index contributed by atoms with van der Waals surface area (Å²) in [6.07, 6.45) is 0.279. The summed E-state index contributed by atoms with van der Waals surface area (Å²) in [6.45, 7) is 0. The molecule has 1 heterocycles. The highest BCUT2D eigenvalue weighted by Crippen LogP contribution is 2.28. The fraction of sp³-hybridized carbons (Fsp3) is 0.125. The van der Waals surface area contributed by atoms with Crippen LogP contribution in [0.15, 0.2) is 72.8 Å². The molecule has 150 valence electrons. The fourth-order valence-electron chi connectivity index (χ4n) is 3.14. The van der Waals surface area contributed by atoms with Gasteiger partial charge in [0.25, 0.3) is 0 Å². The van der Waals surface area contributed by atoms with E-state index in [1.165, 1.54) is 11.3 Å². The Balaban J connectivity index is 1.47. The van der Waals surface area contributed by atoms with Gasteiger partial charge in [-0.05, 0) is 35.9 Å². The highest BCUT2D eigenvalue weighted by molar-refractivity contribution is 7.22. The van der Waals surface area contributed by atoms with E-state index in [-0.39, 0.29) is 18.1 Å². The zero-order valence-electron chi connectivity index (χ0n) is 16.8. The van der Waals surface area contributed by atoms with Crippen LogP contribution in [0, 0.1) is 0 Å². The average Bonchev–Trinajstić information content (AvgIpc) is 3.15. The standard InChI is InChI=1S/C24H21N3O2S/c1-27(2)19-11-8-16(9-12-19)14-22(28)26-24-25-20-13-10-18(15-21(20)30-24)23(29)17-6-4-3-5-7-17/h3-13,15H,14H2,1-2H3,(H,25,26,28). The summed E-state index contributed by atoms with van der Waals surface area (Å²) >= 11 is 1.37. The molecule has 0 saturated heterocycles. The summed E-state index contributed by atoms with van der Waals surface area (Å²) in [5.41, 5.74) is 4.04. The largest absolute Gasteiger partial charge is 0.378 e. The first-order valence-corrected chi connectivity index (χ1v) is 10.4. The normalized spacial score (nSPS) is 10.7. The third-order valence-electron chi connectivity index (χ3n) is 4.75. The van der Waals surface area contributed by atoms with Crippen LogP contribution in [-0.2, 0) is 11.2 Å². The molecule has 4 aromatic rings. The Hall–Kier alpha value is -3.51. The van der Waals surface area contributed by atoms with Gasteiger partial charge in [-0.25, -0.2) is 4.98 Å². The van der Waals surface area contributed by atoms with Crippen molar-refractivity contribution >= 4 is 44.1 Å². The molecule has 1 aromatic heterocycles. The van der Waals surface area contributed by atoms with Crippen LogP contribution in [0.25, 0.3) is 10.2 Å². The molecule has 0 bridgehead atoms. The molecule has 0 aliphatic carbocycles. The second kappa shape index (κ2) is 8.47. The van der Waals surface area contributed by atoms with E-state index in [9.17, 15) is 9.59 Å². The van der Waals surface area contributed by atoms with E-state index in [1.807, 2.05) is 73.6 Å². The number of aromatic nitrogens is 1. The SMILES string of the molecule is CN(C)c1ccc(CC(=O)Nc2nc3ccc(C(=O)c4ccccc4)cc3s2)cc1. The number of rotatable bonds is 6. The van der Waals surface area contributed by atoms with Gasteiger partial charge < -0.3 is 10.2 Å². The topological polar surface area (TPSA) is 62.3 Å². The quantitative estimate of drug-likeness (QED) is 0.461. The molecule has 1 N–H and O–H groups in total. The van der Waals surface area contributed by atoms with Gasteiger partial charge in [0.2, 0.25) is 5.91 Å². The fourth-order valence-corrected chi connectivity index (χ4v) is 4.06. The minimum absolute atomic E-state index is 0.0299. The number of anilines is 2. The number of benzene rings is 3. The zero-order chi connectivity index (χ0) is 21.1. The van der Waals surface area contributed by atoms with Crippen LogP contribution < -0.4 is 10.2 Å². The van der Waals surface area contributed by atoms with Gasteiger partial charge in [-0.2, -0.15) is 0 Å². The molecule has 1 amide bonds. The van der Waals surface area contributed by atoms with E-state index in [0.717, 1.165) is 21.5 Å². The van der Waals surface area contributed by atoms with Gasteiger partial charge in [-0.1, -0.05) is 53.8 Å². The second-order valence-corrected chi connectivity index (χ2v) is 8.21. The first-order valence-electron chi connectivity index (χ1n) is 9.56. The predicted octanol–water partition coefficient (Wildman–Crippen LogP) is 4.77. The number of nitrogens with one attached hydrogen (secondary N) is 1. The zero-order valence-corrected chi connectivity index (χ0v) is 17.6. The molecule has 0 unspecified atom stereocenters. The van der Waals surface area contributed by atoms with Crippen LogP contribution in [0.3, 0.4) is 0 Å². The number of amides is 1. The number of hydrogen-bond donors (Lipinski definition) is 1. The van der Waals surface area contributed by atoms with E-state index >= 15 is 0 Å². The van der Waals surface area contributed by atoms with E-state index in [4.69, 9.17) is 0 Å². The van der Waals surface area contributed by atoms with Crippen molar-refractivity contribution in [2.24, 2.45) is 0 Å². The first kappa shape index (κ1) is 19.8. The number of thiazole rings is 1. The number of hydrogen-bond acceptors (Lipinski definition) is 5. The number of carbonyl (C=O) groups is 2. The molecule has 0 aliphatic rings. The van der Waals surface area contributed by atoms with Crippen molar-refractivity contribution in [3.63, 3.8) is 0 Å². The summed E-state index contributed by atoms with van der Waals surface area (Å²) in [6, 6.07) is 22.5. The Kier molecular flexibility index (Phi) is 5.59. The van der Waals surface area contributed by atoms with Crippen LogP contribution >= 0.6 is 11.3 Å². The first-order chi connectivity index (χ1) is 14.5. The number of ketones is 1. The minimum atomic E-state index is -0.118. The molecule has 0 radical (unpaired) electrons. The monoisotopic (exact) mass is 415 g/mol. The number of nitrogens with zero attached hydrogens (tertiary/aromatic N) is 2. The smallest absolute Gasteiger partial charge is 0.230 e. The highest BCUT2D eigenvalue weighted by Gasteiger charge is 2.13. The molecule has 3 aromatic carbocycles. The van der Waals surface area contributed by atoms with Gasteiger partial charge in [0.15, 0.2) is 10.9 Å². The average molecular weight is 416 g/mol. The van der Waals surface area contributed by atoms with Gasteiger partial charge >= 0.3 is 0 Å². The lowest BCUT2D eigenvalue weighted by Crippen LogP contribution is -2.14. The van der Waals surface area contributed by atoms with E-state index in [2.05, 4.69) is 10.3 Å². The molecule has 0 atom stereocenters. The van der Waals surface area contributed by atoms with E-state index in [1.54, 1.807) is 18.2 Å². The van der Waals surface area contributed by atoms with Crippen molar-refractivity contribution in [2.75, 3.05) is 24.3 Å². The number of carbonyl (C=O) groups excluding carboxylic acids is 2.